The highest BCUT2D eigenvalue weighted by Crippen LogP contribution is 2.12. The SMILES string of the molecule is Cc1nc(Cl)cc(NCCc2nc(C(C)C)no2)n1. The van der Waals surface area contributed by atoms with E-state index < -0.39 is 0 Å². The summed E-state index contributed by atoms with van der Waals surface area (Å²) in [6, 6.07) is 1.68. The first-order valence-electron chi connectivity index (χ1n) is 6.12. The van der Waals surface area contributed by atoms with E-state index in [1.54, 1.807) is 13.0 Å². The molecule has 0 unspecified atom stereocenters. The van der Waals surface area contributed by atoms with Crippen molar-refractivity contribution in [1.29, 1.82) is 0 Å². The third-order valence-corrected chi connectivity index (χ3v) is 2.65. The molecular formula is C12H16ClN5O. The summed E-state index contributed by atoms with van der Waals surface area (Å²) in [5.41, 5.74) is 0. The molecule has 0 aromatic carbocycles. The van der Waals surface area contributed by atoms with Crippen molar-refractivity contribution in [2.24, 2.45) is 0 Å². The molecule has 7 heteroatoms. The Bertz CT molecular complexity index is 535. The Morgan fingerprint density at radius 2 is 2.11 bits per heavy atom. The van der Waals surface area contributed by atoms with Crippen LogP contribution in [-0.2, 0) is 6.42 Å². The number of hydrogen-bond acceptors (Lipinski definition) is 6. The van der Waals surface area contributed by atoms with Crippen LogP contribution in [-0.4, -0.2) is 26.7 Å². The molecule has 2 heterocycles. The van der Waals surface area contributed by atoms with Gasteiger partial charge in [0.1, 0.15) is 16.8 Å². The number of nitrogens with zero attached hydrogens (tertiary/aromatic N) is 4. The second-order valence-electron chi connectivity index (χ2n) is 4.50. The molecule has 2 aromatic rings. The smallest absolute Gasteiger partial charge is 0.228 e. The van der Waals surface area contributed by atoms with E-state index in [1.807, 2.05) is 13.8 Å². The van der Waals surface area contributed by atoms with Gasteiger partial charge in [-0.25, -0.2) is 9.97 Å². The summed E-state index contributed by atoms with van der Waals surface area (Å²) in [7, 11) is 0. The number of aryl methyl sites for hydroxylation is 1. The molecule has 0 fully saturated rings. The molecule has 0 radical (unpaired) electrons. The molecule has 0 atom stereocenters. The average molecular weight is 282 g/mol. The van der Waals surface area contributed by atoms with Crippen molar-refractivity contribution in [1.82, 2.24) is 20.1 Å². The van der Waals surface area contributed by atoms with Gasteiger partial charge in [0.2, 0.25) is 5.89 Å². The quantitative estimate of drug-likeness (QED) is 0.849. The summed E-state index contributed by atoms with van der Waals surface area (Å²) in [6.45, 7) is 6.49. The fourth-order valence-electron chi connectivity index (χ4n) is 1.52. The van der Waals surface area contributed by atoms with Gasteiger partial charge in [-0.3, -0.25) is 0 Å². The molecule has 2 rings (SSSR count). The van der Waals surface area contributed by atoms with Gasteiger partial charge < -0.3 is 9.84 Å². The van der Waals surface area contributed by atoms with Crippen molar-refractivity contribution >= 4 is 17.4 Å². The summed E-state index contributed by atoms with van der Waals surface area (Å²) in [4.78, 5) is 12.5. The van der Waals surface area contributed by atoms with Crippen LogP contribution in [0, 0.1) is 6.92 Å². The Kier molecular flexibility index (Phi) is 4.31. The van der Waals surface area contributed by atoms with E-state index in [-0.39, 0.29) is 5.92 Å². The van der Waals surface area contributed by atoms with Crippen molar-refractivity contribution in [3.05, 3.63) is 28.8 Å². The molecule has 0 bridgehead atoms. The molecule has 0 amide bonds. The molecule has 102 valence electrons. The largest absolute Gasteiger partial charge is 0.369 e. The van der Waals surface area contributed by atoms with Crippen molar-refractivity contribution in [2.75, 3.05) is 11.9 Å². The van der Waals surface area contributed by atoms with Gasteiger partial charge in [0.05, 0.1) is 0 Å². The van der Waals surface area contributed by atoms with E-state index >= 15 is 0 Å². The molecule has 0 aliphatic carbocycles. The van der Waals surface area contributed by atoms with Gasteiger partial charge in [0.25, 0.3) is 0 Å². The van der Waals surface area contributed by atoms with Gasteiger partial charge in [-0.1, -0.05) is 30.6 Å². The fraction of sp³-hybridized carbons (Fsp3) is 0.500. The van der Waals surface area contributed by atoms with Crippen molar-refractivity contribution in [2.45, 2.75) is 33.1 Å². The van der Waals surface area contributed by atoms with Crippen LogP contribution in [0.15, 0.2) is 10.6 Å². The predicted molar refractivity (Wildman–Crippen MR) is 72.4 cm³/mol. The van der Waals surface area contributed by atoms with E-state index in [4.69, 9.17) is 16.1 Å². The lowest BCUT2D eigenvalue weighted by atomic mass is 10.2. The summed E-state index contributed by atoms with van der Waals surface area (Å²) < 4.78 is 5.15. The van der Waals surface area contributed by atoms with Crippen molar-refractivity contribution in [3.63, 3.8) is 0 Å². The maximum Gasteiger partial charge on any atom is 0.228 e. The van der Waals surface area contributed by atoms with Crippen LogP contribution >= 0.6 is 11.6 Å². The zero-order chi connectivity index (χ0) is 13.8. The highest BCUT2D eigenvalue weighted by atomic mass is 35.5. The maximum atomic E-state index is 5.85. The normalized spacial score (nSPS) is 11.0. The van der Waals surface area contributed by atoms with Crippen molar-refractivity contribution in [3.8, 4) is 0 Å². The Hall–Kier alpha value is -1.69. The monoisotopic (exact) mass is 281 g/mol. The number of aromatic nitrogens is 4. The summed E-state index contributed by atoms with van der Waals surface area (Å²) in [6.07, 6.45) is 0.639. The average Bonchev–Trinajstić information content (AvgIpc) is 2.76. The third-order valence-electron chi connectivity index (χ3n) is 2.45. The Balaban J connectivity index is 1.88. The topological polar surface area (TPSA) is 76.7 Å². The number of rotatable bonds is 5. The molecule has 0 aliphatic rings. The van der Waals surface area contributed by atoms with Gasteiger partial charge in [0, 0.05) is 24.9 Å². The fourth-order valence-corrected chi connectivity index (χ4v) is 1.75. The van der Waals surface area contributed by atoms with Crippen LogP contribution in [0.3, 0.4) is 0 Å². The summed E-state index contributed by atoms with van der Waals surface area (Å²) >= 11 is 5.85. The first-order chi connectivity index (χ1) is 9.04. The molecule has 19 heavy (non-hydrogen) atoms. The van der Waals surface area contributed by atoms with Gasteiger partial charge in [-0.05, 0) is 6.92 Å². The Morgan fingerprint density at radius 3 is 2.74 bits per heavy atom. The van der Waals surface area contributed by atoms with Crippen LogP contribution in [0.1, 0.15) is 37.3 Å². The zero-order valence-corrected chi connectivity index (χ0v) is 11.9. The summed E-state index contributed by atoms with van der Waals surface area (Å²) in [5.74, 6) is 2.95. The minimum atomic E-state index is 0.272. The van der Waals surface area contributed by atoms with Gasteiger partial charge in [-0.15, -0.1) is 0 Å². The highest BCUT2D eigenvalue weighted by molar-refractivity contribution is 6.29. The molecular weight excluding hydrogens is 266 g/mol. The zero-order valence-electron chi connectivity index (χ0n) is 11.1. The van der Waals surface area contributed by atoms with Crippen LogP contribution in [0.2, 0.25) is 5.15 Å². The van der Waals surface area contributed by atoms with Crippen molar-refractivity contribution < 1.29 is 4.52 Å². The molecule has 0 saturated heterocycles. The number of nitrogens with one attached hydrogen (secondary N) is 1. The number of hydrogen-bond donors (Lipinski definition) is 1. The van der Waals surface area contributed by atoms with Gasteiger partial charge >= 0.3 is 0 Å². The lowest BCUT2D eigenvalue weighted by Crippen LogP contribution is -2.07. The highest BCUT2D eigenvalue weighted by Gasteiger charge is 2.09. The third kappa shape index (κ3) is 3.89. The lowest BCUT2D eigenvalue weighted by Gasteiger charge is -2.04. The lowest BCUT2D eigenvalue weighted by molar-refractivity contribution is 0.373. The Labute approximate surface area is 116 Å². The molecule has 0 spiro atoms. The molecule has 0 saturated carbocycles. The van der Waals surface area contributed by atoms with Crippen LogP contribution in [0.4, 0.5) is 5.82 Å². The first kappa shape index (κ1) is 13.7. The number of anilines is 1. The number of halogens is 1. The van der Waals surface area contributed by atoms with Crippen LogP contribution < -0.4 is 5.32 Å². The minimum absolute atomic E-state index is 0.272. The van der Waals surface area contributed by atoms with E-state index in [0.717, 1.165) is 5.82 Å². The Morgan fingerprint density at radius 1 is 1.32 bits per heavy atom. The van der Waals surface area contributed by atoms with E-state index in [9.17, 15) is 0 Å². The van der Waals surface area contributed by atoms with Crippen LogP contribution in [0.25, 0.3) is 0 Å². The summed E-state index contributed by atoms with van der Waals surface area (Å²) in [5, 5.41) is 7.48. The maximum absolute atomic E-state index is 5.85. The minimum Gasteiger partial charge on any atom is -0.369 e. The second-order valence-corrected chi connectivity index (χ2v) is 4.89. The van der Waals surface area contributed by atoms with Gasteiger partial charge in [0.15, 0.2) is 5.82 Å². The van der Waals surface area contributed by atoms with Crippen LogP contribution in [0.5, 0.6) is 0 Å². The van der Waals surface area contributed by atoms with Gasteiger partial charge in [-0.2, -0.15) is 4.98 Å². The first-order valence-corrected chi connectivity index (χ1v) is 6.50. The molecule has 1 N–H and O–H groups in total. The molecule has 2 aromatic heterocycles. The molecule has 0 aliphatic heterocycles. The predicted octanol–water partition coefficient (Wildman–Crippen LogP) is 2.60. The standard InChI is InChI=1S/C12H16ClN5O/c1-7(2)12-17-11(19-18-12)4-5-14-10-6-9(13)15-8(3)16-10/h6-7H,4-5H2,1-3H3,(H,14,15,16). The van der Waals surface area contributed by atoms with E-state index in [0.29, 0.717) is 35.7 Å². The molecule has 6 nitrogen and oxygen atoms in total. The second kappa shape index (κ2) is 5.97. The van der Waals surface area contributed by atoms with E-state index in [2.05, 4.69) is 25.4 Å². The van der Waals surface area contributed by atoms with E-state index in [1.165, 1.54) is 0 Å².